The van der Waals surface area contributed by atoms with E-state index in [9.17, 15) is 4.79 Å². The zero-order valence-corrected chi connectivity index (χ0v) is 20.8. The van der Waals surface area contributed by atoms with Gasteiger partial charge in [0.05, 0.1) is 19.2 Å². The molecule has 0 atom stereocenters. The van der Waals surface area contributed by atoms with Gasteiger partial charge in [-0.2, -0.15) is 0 Å². The van der Waals surface area contributed by atoms with Gasteiger partial charge in [-0.1, -0.05) is 18.2 Å². The molecule has 0 radical (unpaired) electrons. The number of piperidine rings is 1. The summed E-state index contributed by atoms with van der Waals surface area (Å²) in [5, 5.41) is 6.57. The molecule has 0 bridgehead atoms. The van der Waals surface area contributed by atoms with Crippen molar-refractivity contribution in [2.75, 3.05) is 45.8 Å². The normalized spacial score (nSPS) is 15.8. The third-order valence-electron chi connectivity index (χ3n) is 6.55. The Hall–Kier alpha value is -3.78. The van der Waals surface area contributed by atoms with Crippen LogP contribution in [0.25, 0.3) is 11.3 Å². The van der Waals surface area contributed by atoms with Crippen LogP contribution in [-0.2, 0) is 11.2 Å². The highest BCUT2D eigenvalue weighted by Crippen LogP contribution is 2.40. The topological polar surface area (TPSA) is 85.0 Å². The first-order chi connectivity index (χ1) is 17.6. The summed E-state index contributed by atoms with van der Waals surface area (Å²) in [7, 11) is 3.72. The molecule has 0 saturated carbocycles. The summed E-state index contributed by atoms with van der Waals surface area (Å²) in [4.78, 5) is 19.6. The summed E-state index contributed by atoms with van der Waals surface area (Å²) in [6.07, 6.45) is 2.34. The second kappa shape index (κ2) is 10.9. The molecular formula is C28H32N4O4. The number of nitrogens with zero attached hydrogens (tertiary/aromatic N) is 2. The van der Waals surface area contributed by atoms with Crippen molar-refractivity contribution in [2.24, 2.45) is 0 Å². The fraction of sp³-hybridized carbons (Fsp3) is 0.357. The first kappa shape index (κ1) is 23.9. The Morgan fingerprint density at radius 1 is 1.08 bits per heavy atom. The number of hydrogen-bond acceptors (Lipinski definition) is 7. The van der Waals surface area contributed by atoms with Gasteiger partial charge in [0.1, 0.15) is 18.9 Å². The lowest BCUT2D eigenvalue weighted by Crippen LogP contribution is -2.43. The van der Waals surface area contributed by atoms with Crippen LogP contribution in [0.1, 0.15) is 18.4 Å². The average Bonchev–Trinajstić information content (AvgIpc) is 2.90. The number of anilines is 2. The molecule has 8 heteroatoms. The Morgan fingerprint density at radius 3 is 2.72 bits per heavy atom. The highest BCUT2D eigenvalue weighted by atomic mass is 16.6. The standard InChI is InChI=1S/C28H32N4O4/c1-32-13-11-20(12-14-32)30-26(33)18-19-5-3-6-21(17-19)29-24-10-9-23(31-28(24)34-2)22-7-4-8-25-27(22)36-16-15-35-25/h3-10,17,20,29H,11-16,18H2,1-2H3,(H,30,33). The number of rotatable bonds is 7. The molecule has 1 aromatic heterocycles. The van der Waals surface area contributed by atoms with Crippen molar-refractivity contribution in [3.05, 3.63) is 60.2 Å². The predicted molar refractivity (Wildman–Crippen MR) is 139 cm³/mol. The van der Waals surface area contributed by atoms with E-state index < -0.39 is 0 Å². The lowest BCUT2D eigenvalue weighted by atomic mass is 10.0. The number of nitrogens with one attached hydrogen (secondary N) is 2. The largest absolute Gasteiger partial charge is 0.486 e. The van der Waals surface area contributed by atoms with Gasteiger partial charge < -0.3 is 29.7 Å². The number of ether oxygens (including phenoxy) is 3. The van der Waals surface area contributed by atoms with E-state index in [1.807, 2.05) is 54.6 Å². The van der Waals surface area contributed by atoms with Gasteiger partial charge in [-0.25, -0.2) is 4.98 Å². The third kappa shape index (κ3) is 5.54. The summed E-state index contributed by atoms with van der Waals surface area (Å²) in [6.45, 7) is 3.08. The number of carbonyl (C=O) groups excluding carboxylic acids is 1. The molecule has 0 aliphatic carbocycles. The van der Waals surface area contributed by atoms with Gasteiger partial charge in [-0.15, -0.1) is 0 Å². The van der Waals surface area contributed by atoms with Crippen molar-refractivity contribution < 1.29 is 19.0 Å². The lowest BCUT2D eigenvalue weighted by Gasteiger charge is -2.29. The summed E-state index contributed by atoms with van der Waals surface area (Å²) in [5.41, 5.74) is 4.13. The highest BCUT2D eigenvalue weighted by Gasteiger charge is 2.20. The molecule has 36 heavy (non-hydrogen) atoms. The third-order valence-corrected chi connectivity index (χ3v) is 6.55. The van der Waals surface area contributed by atoms with E-state index in [2.05, 4.69) is 22.6 Å². The van der Waals surface area contributed by atoms with E-state index in [0.717, 1.165) is 59.9 Å². The second-order valence-electron chi connectivity index (χ2n) is 9.23. The number of pyridine rings is 1. The van der Waals surface area contributed by atoms with Gasteiger partial charge in [0.2, 0.25) is 11.8 Å². The summed E-state index contributed by atoms with van der Waals surface area (Å²) >= 11 is 0. The summed E-state index contributed by atoms with van der Waals surface area (Å²) in [6, 6.07) is 17.8. The maximum atomic E-state index is 12.6. The van der Waals surface area contributed by atoms with Crippen LogP contribution in [-0.4, -0.2) is 62.3 Å². The van der Waals surface area contributed by atoms with Gasteiger partial charge in [0.15, 0.2) is 11.5 Å². The Morgan fingerprint density at radius 2 is 1.89 bits per heavy atom. The molecule has 1 amide bonds. The van der Waals surface area contributed by atoms with Crippen molar-refractivity contribution >= 4 is 17.3 Å². The Labute approximate surface area is 211 Å². The summed E-state index contributed by atoms with van der Waals surface area (Å²) < 4.78 is 17.2. The number of fused-ring (bicyclic) bond motifs is 1. The van der Waals surface area contributed by atoms with Crippen LogP contribution in [0.4, 0.5) is 11.4 Å². The molecule has 2 N–H and O–H groups in total. The van der Waals surface area contributed by atoms with Gasteiger partial charge in [-0.05, 0) is 74.9 Å². The van der Waals surface area contributed by atoms with Crippen LogP contribution in [0.5, 0.6) is 17.4 Å². The van der Waals surface area contributed by atoms with Gasteiger partial charge in [0, 0.05) is 17.3 Å². The molecule has 2 aliphatic heterocycles. The van der Waals surface area contributed by atoms with E-state index in [4.69, 9.17) is 19.2 Å². The van der Waals surface area contributed by atoms with Crippen LogP contribution in [0, 0.1) is 0 Å². The van der Waals surface area contributed by atoms with Crippen LogP contribution < -0.4 is 24.8 Å². The fourth-order valence-corrected chi connectivity index (χ4v) is 4.65. The molecule has 8 nitrogen and oxygen atoms in total. The quantitative estimate of drug-likeness (QED) is 0.520. The van der Waals surface area contributed by atoms with E-state index in [1.165, 1.54) is 0 Å². The van der Waals surface area contributed by atoms with Crippen LogP contribution in [0.15, 0.2) is 54.6 Å². The molecule has 0 unspecified atom stereocenters. The molecule has 1 saturated heterocycles. The Balaban J connectivity index is 1.28. The van der Waals surface area contributed by atoms with E-state index in [1.54, 1.807) is 7.11 Å². The monoisotopic (exact) mass is 488 g/mol. The molecular weight excluding hydrogens is 456 g/mol. The number of hydrogen-bond donors (Lipinski definition) is 2. The van der Waals surface area contributed by atoms with Gasteiger partial charge in [-0.3, -0.25) is 4.79 Å². The number of methoxy groups -OCH3 is 1. The summed E-state index contributed by atoms with van der Waals surface area (Å²) in [5.74, 6) is 1.94. The number of para-hydroxylation sites is 1. The molecule has 188 valence electrons. The van der Waals surface area contributed by atoms with Crippen LogP contribution in [0.3, 0.4) is 0 Å². The molecule has 1 fully saturated rings. The molecule has 3 aromatic rings. The fourth-order valence-electron chi connectivity index (χ4n) is 4.65. The minimum Gasteiger partial charge on any atom is -0.486 e. The number of carbonyl (C=O) groups is 1. The maximum absolute atomic E-state index is 12.6. The smallest absolute Gasteiger partial charge is 0.238 e. The first-order valence-electron chi connectivity index (χ1n) is 12.4. The molecule has 5 rings (SSSR count). The van der Waals surface area contributed by atoms with Crippen molar-refractivity contribution in [3.8, 4) is 28.6 Å². The Bertz CT molecular complexity index is 1220. The molecule has 2 aliphatic rings. The minimum absolute atomic E-state index is 0.0581. The maximum Gasteiger partial charge on any atom is 0.238 e. The van der Waals surface area contributed by atoms with Gasteiger partial charge >= 0.3 is 0 Å². The molecule has 3 heterocycles. The van der Waals surface area contributed by atoms with Crippen LogP contribution in [0.2, 0.25) is 0 Å². The van der Waals surface area contributed by atoms with E-state index in [0.29, 0.717) is 31.3 Å². The molecule has 0 spiro atoms. The highest BCUT2D eigenvalue weighted by molar-refractivity contribution is 5.79. The number of aromatic nitrogens is 1. The zero-order valence-electron chi connectivity index (χ0n) is 20.8. The average molecular weight is 489 g/mol. The predicted octanol–water partition coefficient (Wildman–Crippen LogP) is 4.02. The van der Waals surface area contributed by atoms with Gasteiger partial charge in [0.25, 0.3) is 0 Å². The SMILES string of the molecule is COc1nc(-c2cccc3c2OCCO3)ccc1Nc1cccc(CC(=O)NC2CCN(C)CC2)c1. The Kier molecular flexibility index (Phi) is 7.23. The first-order valence-corrected chi connectivity index (χ1v) is 12.4. The number of amides is 1. The van der Waals surface area contributed by atoms with Crippen LogP contribution >= 0.6 is 0 Å². The second-order valence-corrected chi connectivity index (χ2v) is 9.23. The van der Waals surface area contributed by atoms with Crippen molar-refractivity contribution in [1.82, 2.24) is 15.2 Å². The minimum atomic E-state index is 0.0581. The number of benzene rings is 2. The molecule has 2 aromatic carbocycles. The zero-order chi connectivity index (χ0) is 24.9. The van der Waals surface area contributed by atoms with Crippen molar-refractivity contribution in [3.63, 3.8) is 0 Å². The lowest BCUT2D eigenvalue weighted by molar-refractivity contribution is -0.121. The van der Waals surface area contributed by atoms with Crippen molar-refractivity contribution in [2.45, 2.75) is 25.3 Å². The number of likely N-dealkylation sites (tertiary alicyclic amines) is 1. The van der Waals surface area contributed by atoms with Crippen molar-refractivity contribution in [1.29, 1.82) is 0 Å². The van der Waals surface area contributed by atoms with E-state index >= 15 is 0 Å². The van der Waals surface area contributed by atoms with E-state index in [-0.39, 0.29) is 11.9 Å².